The highest BCUT2D eigenvalue weighted by Gasteiger charge is 2.20. The fraction of sp³-hybridized carbons (Fsp3) is 0.136. The molecule has 1 heterocycles. The number of hydrogen-bond acceptors (Lipinski definition) is 4. The summed E-state index contributed by atoms with van der Waals surface area (Å²) in [6.07, 6.45) is 0.0287. The van der Waals surface area contributed by atoms with Gasteiger partial charge < -0.3 is 10.1 Å². The number of methoxy groups -OCH3 is 1. The zero-order valence-electron chi connectivity index (χ0n) is 15.3. The molecule has 1 aromatic heterocycles. The Labute approximate surface area is 171 Å². The summed E-state index contributed by atoms with van der Waals surface area (Å²) in [5.41, 5.74) is 3.24. The van der Waals surface area contributed by atoms with Crippen molar-refractivity contribution in [3.05, 3.63) is 88.7 Å². The van der Waals surface area contributed by atoms with E-state index in [-0.39, 0.29) is 18.0 Å². The second-order valence-electron chi connectivity index (χ2n) is 6.14. The van der Waals surface area contributed by atoms with Crippen LogP contribution in [0.4, 0.5) is 0 Å². The zero-order chi connectivity index (χ0) is 19.9. The first kappa shape index (κ1) is 19.8. The van der Waals surface area contributed by atoms with Crippen molar-refractivity contribution in [3.63, 3.8) is 0 Å². The lowest BCUT2D eigenvalue weighted by molar-refractivity contribution is -0.141. The minimum atomic E-state index is -0.523. The molecule has 0 saturated heterocycles. The Morgan fingerprint density at radius 1 is 0.964 bits per heavy atom. The molecular formula is C22H19BrN2O3. The van der Waals surface area contributed by atoms with E-state index in [1.165, 1.54) is 7.11 Å². The molecule has 3 aromatic rings. The summed E-state index contributed by atoms with van der Waals surface area (Å²) in [6, 6.07) is 22.3. The summed E-state index contributed by atoms with van der Waals surface area (Å²) in [7, 11) is 1.33. The lowest BCUT2D eigenvalue weighted by atomic mass is 9.99. The van der Waals surface area contributed by atoms with Gasteiger partial charge in [0, 0.05) is 0 Å². The number of hydrogen-bond donors (Lipinski definition) is 1. The molecule has 28 heavy (non-hydrogen) atoms. The number of carbonyl (C=O) groups is 2. The number of pyridine rings is 1. The average molecular weight is 439 g/mol. The highest BCUT2D eigenvalue weighted by Crippen LogP contribution is 2.24. The maximum absolute atomic E-state index is 12.6. The van der Waals surface area contributed by atoms with Gasteiger partial charge in [-0.05, 0) is 44.8 Å². The van der Waals surface area contributed by atoms with Crippen LogP contribution in [0.25, 0.3) is 11.1 Å². The lowest BCUT2D eigenvalue weighted by Gasteiger charge is -2.18. The monoisotopic (exact) mass is 438 g/mol. The lowest BCUT2D eigenvalue weighted by Crippen LogP contribution is -2.31. The third kappa shape index (κ3) is 5.04. The highest BCUT2D eigenvalue weighted by atomic mass is 79.9. The van der Waals surface area contributed by atoms with Crippen molar-refractivity contribution in [2.45, 2.75) is 12.5 Å². The molecule has 1 N–H and O–H groups in total. The number of nitrogens with zero attached hydrogens (tertiary/aromatic N) is 1. The standard InChI is InChI=1S/C22H19BrN2O3/c1-28-21(26)14-19(25-22(27)18-8-5-9-20(23)24-18)17-12-10-16(11-13-17)15-6-3-2-4-7-15/h2-13,19H,14H2,1H3,(H,25,27). The quantitative estimate of drug-likeness (QED) is 0.452. The number of halogens is 1. The van der Waals surface area contributed by atoms with Gasteiger partial charge in [-0.1, -0.05) is 60.7 Å². The first-order valence-corrected chi connectivity index (χ1v) is 9.52. The molecule has 1 atom stereocenters. The van der Waals surface area contributed by atoms with Crippen molar-refractivity contribution < 1.29 is 14.3 Å². The molecule has 0 saturated carbocycles. The van der Waals surface area contributed by atoms with E-state index in [2.05, 4.69) is 26.2 Å². The van der Waals surface area contributed by atoms with Crippen molar-refractivity contribution >= 4 is 27.8 Å². The number of rotatable bonds is 6. The molecule has 0 aliphatic heterocycles. The SMILES string of the molecule is COC(=O)CC(NC(=O)c1cccc(Br)n1)c1ccc(-c2ccccc2)cc1. The van der Waals surface area contributed by atoms with Crippen LogP contribution in [0.2, 0.25) is 0 Å². The molecule has 0 radical (unpaired) electrons. The summed E-state index contributed by atoms with van der Waals surface area (Å²) in [5, 5.41) is 2.88. The van der Waals surface area contributed by atoms with Gasteiger partial charge in [0.15, 0.2) is 0 Å². The molecule has 0 bridgehead atoms. The van der Waals surface area contributed by atoms with E-state index < -0.39 is 12.0 Å². The van der Waals surface area contributed by atoms with Crippen LogP contribution in [0.5, 0.6) is 0 Å². The van der Waals surface area contributed by atoms with Gasteiger partial charge in [-0.2, -0.15) is 0 Å². The first-order chi connectivity index (χ1) is 13.6. The molecule has 0 aliphatic carbocycles. The van der Waals surface area contributed by atoms with Gasteiger partial charge in [0.1, 0.15) is 10.3 Å². The normalized spacial score (nSPS) is 11.5. The summed E-state index contributed by atoms with van der Waals surface area (Å²) in [5.74, 6) is -0.762. The van der Waals surface area contributed by atoms with Crippen LogP contribution in [0.3, 0.4) is 0 Å². The molecule has 1 amide bonds. The Balaban J connectivity index is 1.83. The minimum absolute atomic E-state index is 0.0287. The molecule has 1 unspecified atom stereocenters. The van der Waals surface area contributed by atoms with Crippen LogP contribution >= 0.6 is 15.9 Å². The van der Waals surface area contributed by atoms with Crippen LogP contribution in [-0.2, 0) is 9.53 Å². The van der Waals surface area contributed by atoms with E-state index in [9.17, 15) is 9.59 Å². The molecule has 2 aromatic carbocycles. The van der Waals surface area contributed by atoms with E-state index >= 15 is 0 Å². The van der Waals surface area contributed by atoms with Gasteiger partial charge in [0.2, 0.25) is 0 Å². The second-order valence-corrected chi connectivity index (χ2v) is 6.95. The van der Waals surface area contributed by atoms with E-state index in [1.807, 2.05) is 54.6 Å². The number of esters is 1. The number of amides is 1. The highest BCUT2D eigenvalue weighted by molar-refractivity contribution is 9.10. The summed E-state index contributed by atoms with van der Waals surface area (Å²) >= 11 is 3.26. The number of nitrogens with one attached hydrogen (secondary N) is 1. The van der Waals surface area contributed by atoms with Crippen LogP contribution in [0.1, 0.15) is 28.5 Å². The summed E-state index contributed by atoms with van der Waals surface area (Å²) in [6.45, 7) is 0. The Kier molecular flexibility index (Phi) is 6.55. The Hall–Kier alpha value is -2.99. The van der Waals surface area contributed by atoms with E-state index in [1.54, 1.807) is 18.2 Å². The van der Waals surface area contributed by atoms with Crippen molar-refractivity contribution in [1.29, 1.82) is 0 Å². The van der Waals surface area contributed by atoms with Crippen LogP contribution in [0, 0.1) is 0 Å². The average Bonchev–Trinajstić information content (AvgIpc) is 2.74. The molecule has 0 spiro atoms. The summed E-state index contributed by atoms with van der Waals surface area (Å²) in [4.78, 5) is 28.6. The third-order valence-electron chi connectivity index (χ3n) is 4.27. The molecular weight excluding hydrogens is 420 g/mol. The summed E-state index contributed by atoms with van der Waals surface area (Å²) < 4.78 is 5.35. The van der Waals surface area contributed by atoms with E-state index in [0.29, 0.717) is 4.60 Å². The van der Waals surface area contributed by atoms with Gasteiger partial charge in [-0.15, -0.1) is 0 Å². The molecule has 0 fully saturated rings. The predicted molar refractivity (Wildman–Crippen MR) is 111 cm³/mol. The van der Waals surface area contributed by atoms with Crippen molar-refractivity contribution in [2.75, 3.05) is 7.11 Å². The molecule has 0 aliphatic rings. The topological polar surface area (TPSA) is 68.3 Å². The number of ether oxygens (including phenoxy) is 1. The molecule has 3 rings (SSSR count). The van der Waals surface area contributed by atoms with Gasteiger partial charge in [-0.3, -0.25) is 9.59 Å². The van der Waals surface area contributed by atoms with Gasteiger partial charge >= 0.3 is 5.97 Å². The maximum atomic E-state index is 12.6. The smallest absolute Gasteiger partial charge is 0.307 e. The fourth-order valence-electron chi connectivity index (χ4n) is 2.81. The van der Waals surface area contributed by atoms with Crippen molar-refractivity contribution in [3.8, 4) is 11.1 Å². The number of aromatic nitrogens is 1. The fourth-order valence-corrected chi connectivity index (χ4v) is 3.15. The Bertz CT molecular complexity index is 959. The Morgan fingerprint density at radius 2 is 1.64 bits per heavy atom. The molecule has 6 heteroatoms. The number of carbonyl (C=O) groups excluding carboxylic acids is 2. The molecule has 5 nitrogen and oxygen atoms in total. The van der Waals surface area contributed by atoms with Crippen LogP contribution in [-0.4, -0.2) is 24.0 Å². The zero-order valence-corrected chi connectivity index (χ0v) is 16.8. The van der Waals surface area contributed by atoms with Gasteiger partial charge in [-0.25, -0.2) is 4.98 Å². The van der Waals surface area contributed by atoms with Crippen LogP contribution in [0.15, 0.2) is 77.4 Å². The van der Waals surface area contributed by atoms with E-state index in [4.69, 9.17) is 4.74 Å². The third-order valence-corrected chi connectivity index (χ3v) is 4.71. The molecule has 142 valence electrons. The van der Waals surface area contributed by atoms with Crippen molar-refractivity contribution in [1.82, 2.24) is 10.3 Å². The second kappa shape index (κ2) is 9.28. The van der Waals surface area contributed by atoms with E-state index in [0.717, 1.165) is 16.7 Å². The van der Waals surface area contributed by atoms with Gasteiger partial charge in [0.25, 0.3) is 5.91 Å². The van der Waals surface area contributed by atoms with Gasteiger partial charge in [0.05, 0.1) is 19.6 Å². The largest absolute Gasteiger partial charge is 0.469 e. The predicted octanol–water partition coefficient (Wildman–Crippen LogP) is 4.55. The maximum Gasteiger partial charge on any atom is 0.307 e. The van der Waals surface area contributed by atoms with Crippen LogP contribution < -0.4 is 5.32 Å². The number of benzene rings is 2. The van der Waals surface area contributed by atoms with Crippen molar-refractivity contribution in [2.24, 2.45) is 0 Å². The minimum Gasteiger partial charge on any atom is -0.469 e. The Morgan fingerprint density at radius 3 is 2.29 bits per heavy atom. The first-order valence-electron chi connectivity index (χ1n) is 8.72.